The summed E-state index contributed by atoms with van der Waals surface area (Å²) >= 11 is 5.86. The maximum Gasteiger partial charge on any atom is 0.258 e. The summed E-state index contributed by atoms with van der Waals surface area (Å²) in [6, 6.07) is 9.89. The fourth-order valence-corrected chi connectivity index (χ4v) is 2.78. The molecule has 0 spiro atoms. The SMILES string of the molecule is O=C(c1c(Cl)ccc(F)c1F)N1CCc2ccccc2C1. The number of carbonyl (C=O) groups excluding carboxylic acids is 1. The average Bonchev–Trinajstić information content (AvgIpc) is 2.51. The van der Waals surface area contributed by atoms with Crippen molar-refractivity contribution < 1.29 is 13.6 Å². The van der Waals surface area contributed by atoms with E-state index in [4.69, 9.17) is 11.6 Å². The van der Waals surface area contributed by atoms with E-state index in [0.29, 0.717) is 19.5 Å². The molecule has 0 unspecified atom stereocenters. The van der Waals surface area contributed by atoms with Gasteiger partial charge >= 0.3 is 0 Å². The Bertz CT molecular complexity index is 717. The second-order valence-electron chi connectivity index (χ2n) is 4.96. The molecule has 1 aliphatic rings. The normalized spacial score (nSPS) is 14.0. The number of carbonyl (C=O) groups is 1. The first kappa shape index (κ1) is 14.0. The molecule has 0 radical (unpaired) electrons. The summed E-state index contributed by atoms with van der Waals surface area (Å²) in [5.74, 6) is -2.84. The van der Waals surface area contributed by atoms with Crippen LogP contribution in [0.3, 0.4) is 0 Å². The molecule has 108 valence electrons. The summed E-state index contributed by atoms with van der Waals surface area (Å²) in [5.41, 5.74) is 1.80. The van der Waals surface area contributed by atoms with Gasteiger partial charge in [-0.1, -0.05) is 35.9 Å². The molecule has 0 bridgehead atoms. The van der Waals surface area contributed by atoms with Crippen LogP contribution in [0.4, 0.5) is 8.78 Å². The minimum atomic E-state index is -1.19. The molecule has 0 N–H and O–H groups in total. The van der Waals surface area contributed by atoms with Crippen molar-refractivity contribution in [3.63, 3.8) is 0 Å². The van der Waals surface area contributed by atoms with Gasteiger partial charge in [0.05, 0.1) is 10.6 Å². The van der Waals surface area contributed by atoms with Crippen LogP contribution in [0, 0.1) is 11.6 Å². The van der Waals surface area contributed by atoms with Crippen molar-refractivity contribution in [1.29, 1.82) is 0 Å². The number of fused-ring (bicyclic) bond motifs is 1. The second kappa shape index (κ2) is 5.45. The molecule has 21 heavy (non-hydrogen) atoms. The van der Waals surface area contributed by atoms with Crippen molar-refractivity contribution in [2.75, 3.05) is 6.54 Å². The van der Waals surface area contributed by atoms with Gasteiger partial charge in [0.1, 0.15) is 0 Å². The lowest BCUT2D eigenvalue weighted by Crippen LogP contribution is -2.36. The van der Waals surface area contributed by atoms with Gasteiger partial charge in [-0.2, -0.15) is 0 Å². The van der Waals surface area contributed by atoms with E-state index in [1.165, 1.54) is 16.5 Å². The van der Waals surface area contributed by atoms with Crippen molar-refractivity contribution in [3.8, 4) is 0 Å². The predicted octanol–water partition coefficient (Wildman–Crippen LogP) is 3.82. The summed E-state index contributed by atoms with van der Waals surface area (Å²) in [4.78, 5) is 13.9. The molecule has 0 saturated heterocycles. The van der Waals surface area contributed by atoms with E-state index in [1.807, 2.05) is 24.3 Å². The molecule has 3 rings (SSSR count). The first-order valence-electron chi connectivity index (χ1n) is 6.57. The molecule has 1 amide bonds. The van der Waals surface area contributed by atoms with Crippen molar-refractivity contribution in [3.05, 3.63) is 69.7 Å². The number of nitrogens with zero attached hydrogens (tertiary/aromatic N) is 1. The maximum absolute atomic E-state index is 13.9. The van der Waals surface area contributed by atoms with Gasteiger partial charge in [-0.05, 0) is 29.7 Å². The molecular formula is C16H12ClF2NO. The van der Waals surface area contributed by atoms with E-state index in [2.05, 4.69) is 0 Å². The number of hydrogen-bond acceptors (Lipinski definition) is 1. The molecular weight excluding hydrogens is 296 g/mol. The van der Waals surface area contributed by atoms with Crippen LogP contribution in [0.15, 0.2) is 36.4 Å². The molecule has 0 saturated carbocycles. The Balaban J connectivity index is 1.93. The van der Waals surface area contributed by atoms with Gasteiger partial charge in [-0.3, -0.25) is 4.79 Å². The van der Waals surface area contributed by atoms with Crippen LogP contribution in [0.25, 0.3) is 0 Å². The van der Waals surface area contributed by atoms with Gasteiger partial charge in [0, 0.05) is 13.1 Å². The van der Waals surface area contributed by atoms with Gasteiger partial charge in [-0.25, -0.2) is 8.78 Å². The smallest absolute Gasteiger partial charge is 0.258 e. The fraction of sp³-hybridized carbons (Fsp3) is 0.188. The van der Waals surface area contributed by atoms with Crippen LogP contribution in [0.5, 0.6) is 0 Å². The molecule has 1 aliphatic heterocycles. The van der Waals surface area contributed by atoms with Crippen LogP contribution in [-0.4, -0.2) is 17.4 Å². The van der Waals surface area contributed by atoms with E-state index >= 15 is 0 Å². The van der Waals surface area contributed by atoms with E-state index < -0.39 is 23.1 Å². The van der Waals surface area contributed by atoms with Crippen LogP contribution in [0.2, 0.25) is 5.02 Å². The maximum atomic E-state index is 13.9. The second-order valence-corrected chi connectivity index (χ2v) is 5.37. The van der Waals surface area contributed by atoms with E-state index in [-0.39, 0.29) is 5.02 Å². The van der Waals surface area contributed by atoms with E-state index in [0.717, 1.165) is 11.6 Å². The Kier molecular flexibility index (Phi) is 3.64. The molecule has 1 heterocycles. The monoisotopic (exact) mass is 307 g/mol. The van der Waals surface area contributed by atoms with Crippen LogP contribution in [-0.2, 0) is 13.0 Å². The minimum Gasteiger partial charge on any atom is -0.334 e. The summed E-state index contributed by atoms with van der Waals surface area (Å²) in [7, 11) is 0. The topological polar surface area (TPSA) is 20.3 Å². The Morgan fingerprint density at radius 2 is 1.81 bits per heavy atom. The van der Waals surface area contributed by atoms with Crippen molar-refractivity contribution >= 4 is 17.5 Å². The van der Waals surface area contributed by atoms with Gasteiger partial charge < -0.3 is 4.90 Å². The minimum absolute atomic E-state index is 0.0715. The van der Waals surface area contributed by atoms with Gasteiger partial charge in [0.25, 0.3) is 5.91 Å². The highest BCUT2D eigenvalue weighted by molar-refractivity contribution is 6.33. The number of halogens is 3. The summed E-state index contributed by atoms with van der Waals surface area (Å²) < 4.78 is 27.2. The Morgan fingerprint density at radius 3 is 2.57 bits per heavy atom. The van der Waals surface area contributed by atoms with E-state index in [1.54, 1.807) is 0 Å². The highest BCUT2D eigenvalue weighted by atomic mass is 35.5. The van der Waals surface area contributed by atoms with Gasteiger partial charge in [0.15, 0.2) is 11.6 Å². The molecule has 5 heteroatoms. The zero-order valence-electron chi connectivity index (χ0n) is 11.1. The molecule has 0 fully saturated rings. The zero-order chi connectivity index (χ0) is 15.0. The summed E-state index contributed by atoms with van der Waals surface area (Å²) in [6.07, 6.45) is 0.691. The molecule has 0 atom stereocenters. The van der Waals surface area contributed by atoms with Gasteiger partial charge in [-0.15, -0.1) is 0 Å². The third-order valence-corrected chi connectivity index (χ3v) is 3.99. The Labute approximate surface area is 125 Å². The predicted molar refractivity (Wildman–Crippen MR) is 76.3 cm³/mol. The lowest BCUT2D eigenvalue weighted by molar-refractivity contribution is 0.0729. The van der Waals surface area contributed by atoms with Crippen LogP contribution >= 0.6 is 11.6 Å². The van der Waals surface area contributed by atoms with Crippen LogP contribution in [0.1, 0.15) is 21.5 Å². The summed E-state index contributed by atoms with van der Waals surface area (Å²) in [5, 5.41) is -0.0715. The number of hydrogen-bond donors (Lipinski definition) is 0. The third kappa shape index (κ3) is 2.51. The first-order valence-corrected chi connectivity index (χ1v) is 6.95. The van der Waals surface area contributed by atoms with E-state index in [9.17, 15) is 13.6 Å². The standard InChI is InChI=1S/C16H12ClF2NO/c17-12-5-6-13(18)15(19)14(12)16(21)20-8-7-10-3-1-2-4-11(10)9-20/h1-6H,7-9H2. The zero-order valence-corrected chi connectivity index (χ0v) is 11.8. The highest BCUT2D eigenvalue weighted by Gasteiger charge is 2.27. The quantitative estimate of drug-likeness (QED) is 0.734. The average molecular weight is 308 g/mol. The molecule has 2 aromatic carbocycles. The Morgan fingerprint density at radius 1 is 1.10 bits per heavy atom. The largest absolute Gasteiger partial charge is 0.334 e. The van der Waals surface area contributed by atoms with Crippen molar-refractivity contribution in [1.82, 2.24) is 4.90 Å². The number of benzene rings is 2. The molecule has 2 aromatic rings. The molecule has 0 aromatic heterocycles. The first-order chi connectivity index (χ1) is 10.1. The third-order valence-electron chi connectivity index (χ3n) is 3.68. The lowest BCUT2D eigenvalue weighted by atomic mass is 9.99. The van der Waals surface area contributed by atoms with Crippen LogP contribution < -0.4 is 0 Å². The van der Waals surface area contributed by atoms with Crippen molar-refractivity contribution in [2.24, 2.45) is 0 Å². The number of rotatable bonds is 1. The lowest BCUT2D eigenvalue weighted by Gasteiger charge is -2.29. The summed E-state index contributed by atoms with van der Waals surface area (Å²) in [6.45, 7) is 0.837. The Hall–Kier alpha value is -1.94. The highest BCUT2D eigenvalue weighted by Crippen LogP contribution is 2.26. The number of amides is 1. The fourth-order valence-electron chi connectivity index (χ4n) is 2.55. The molecule has 0 aliphatic carbocycles. The van der Waals surface area contributed by atoms with Crippen molar-refractivity contribution in [2.45, 2.75) is 13.0 Å². The molecule has 2 nitrogen and oxygen atoms in total. The van der Waals surface area contributed by atoms with Gasteiger partial charge in [0.2, 0.25) is 0 Å².